The fourth-order valence-electron chi connectivity index (χ4n) is 1.53. The van der Waals surface area contributed by atoms with Crippen LogP contribution in [0.25, 0.3) is 0 Å². The Bertz CT molecular complexity index is 663. The highest BCUT2D eigenvalue weighted by atomic mass is 15.1. The van der Waals surface area contributed by atoms with Crippen LogP contribution in [0.4, 0.5) is 17.3 Å². The summed E-state index contributed by atoms with van der Waals surface area (Å²) in [5.74, 6) is 1.57. The van der Waals surface area contributed by atoms with Gasteiger partial charge in [-0.25, -0.2) is 9.97 Å². The lowest BCUT2D eigenvalue weighted by Gasteiger charge is -2.07. The Labute approximate surface area is 110 Å². The van der Waals surface area contributed by atoms with E-state index < -0.39 is 0 Å². The van der Waals surface area contributed by atoms with Gasteiger partial charge in [0.25, 0.3) is 0 Å². The molecule has 0 spiro atoms. The van der Waals surface area contributed by atoms with Gasteiger partial charge in [0.1, 0.15) is 17.5 Å². The molecule has 0 aliphatic carbocycles. The van der Waals surface area contributed by atoms with Gasteiger partial charge in [-0.05, 0) is 31.2 Å². The molecule has 0 radical (unpaired) electrons. The van der Waals surface area contributed by atoms with E-state index in [1.54, 1.807) is 37.3 Å². The van der Waals surface area contributed by atoms with Crippen molar-refractivity contribution in [2.75, 3.05) is 10.6 Å². The number of hydrogen-bond donors (Lipinski definition) is 2. The largest absolute Gasteiger partial charge is 0.340 e. The highest BCUT2D eigenvalue weighted by Crippen LogP contribution is 2.17. The molecule has 19 heavy (non-hydrogen) atoms. The highest BCUT2D eigenvalue weighted by Gasteiger charge is 2.02. The summed E-state index contributed by atoms with van der Waals surface area (Å²) in [6, 6.07) is 10.7. The van der Waals surface area contributed by atoms with Crippen molar-refractivity contribution < 1.29 is 0 Å². The minimum absolute atomic E-state index is 0.436. The first-order chi connectivity index (χ1) is 9.21. The lowest BCUT2D eigenvalue weighted by Crippen LogP contribution is -2.00. The molecule has 6 heteroatoms. The average Bonchev–Trinajstić information content (AvgIpc) is 2.39. The maximum Gasteiger partial charge on any atom is 0.182 e. The molecular formula is C13H10N6. The smallest absolute Gasteiger partial charge is 0.182 e. The molecule has 0 unspecified atom stereocenters. The van der Waals surface area contributed by atoms with Gasteiger partial charge in [0.05, 0.1) is 11.6 Å². The number of aromatic nitrogens is 2. The monoisotopic (exact) mass is 250 g/mol. The number of hydrogen-bond acceptors (Lipinski definition) is 6. The molecule has 1 heterocycles. The van der Waals surface area contributed by atoms with Gasteiger partial charge < -0.3 is 5.32 Å². The summed E-state index contributed by atoms with van der Waals surface area (Å²) in [5.41, 5.74) is 1.40. The van der Waals surface area contributed by atoms with Crippen LogP contribution in [-0.4, -0.2) is 9.97 Å². The topological polar surface area (TPSA) is 97.4 Å². The van der Waals surface area contributed by atoms with E-state index in [-0.39, 0.29) is 0 Å². The Morgan fingerprint density at radius 2 is 1.74 bits per heavy atom. The van der Waals surface area contributed by atoms with Gasteiger partial charge in [0, 0.05) is 11.8 Å². The van der Waals surface area contributed by atoms with Crippen molar-refractivity contribution in [3.63, 3.8) is 0 Å². The zero-order valence-corrected chi connectivity index (χ0v) is 10.2. The van der Waals surface area contributed by atoms with Crippen molar-refractivity contribution in [3.05, 3.63) is 41.7 Å². The minimum atomic E-state index is 0.436. The number of nitrogens with zero attached hydrogens (tertiary/aromatic N) is 4. The van der Waals surface area contributed by atoms with E-state index in [1.165, 1.54) is 0 Å². The third kappa shape index (κ3) is 3.18. The maximum absolute atomic E-state index is 8.72. The number of nitriles is 2. The van der Waals surface area contributed by atoms with E-state index in [9.17, 15) is 0 Å². The molecule has 0 aliphatic heterocycles. The van der Waals surface area contributed by atoms with Gasteiger partial charge in [-0.1, -0.05) is 0 Å². The predicted octanol–water partition coefficient (Wildman–Crippen LogP) is 2.29. The number of benzene rings is 1. The molecule has 2 aromatic rings. The summed E-state index contributed by atoms with van der Waals surface area (Å²) in [6.07, 6.45) is 1.81. The molecular weight excluding hydrogens is 240 g/mol. The summed E-state index contributed by atoms with van der Waals surface area (Å²) in [6.45, 7) is 1.74. The van der Waals surface area contributed by atoms with Crippen molar-refractivity contribution in [1.82, 2.24) is 9.97 Å². The van der Waals surface area contributed by atoms with Gasteiger partial charge in [0.15, 0.2) is 6.19 Å². The Morgan fingerprint density at radius 3 is 2.37 bits per heavy atom. The van der Waals surface area contributed by atoms with E-state index in [0.717, 1.165) is 5.69 Å². The lowest BCUT2D eigenvalue weighted by molar-refractivity contribution is 1.06. The van der Waals surface area contributed by atoms with Crippen LogP contribution in [0, 0.1) is 29.7 Å². The first-order valence-corrected chi connectivity index (χ1v) is 5.49. The highest BCUT2D eigenvalue weighted by molar-refractivity contribution is 5.60. The van der Waals surface area contributed by atoms with Crippen LogP contribution in [-0.2, 0) is 0 Å². The third-order valence-corrected chi connectivity index (χ3v) is 2.31. The van der Waals surface area contributed by atoms with Crippen LogP contribution in [0.2, 0.25) is 0 Å². The number of rotatable bonds is 3. The van der Waals surface area contributed by atoms with Crippen LogP contribution in [0.15, 0.2) is 30.3 Å². The standard InChI is InChI=1S/C13H10N6/c1-9-17-12(16-8-15)6-13(18-9)19-11-4-2-10(7-14)3-5-11/h2-6H,1H3,(H2,16,17,18,19). The fourth-order valence-corrected chi connectivity index (χ4v) is 1.53. The van der Waals surface area contributed by atoms with E-state index in [0.29, 0.717) is 23.0 Å². The Balaban J connectivity index is 2.22. The predicted molar refractivity (Wildman–Crippen MR) is 70.4 cm³/mol. The summed E-state index contributed by atoms with van der Waals surface area (Å²) < 4.78 is 0. The summed E-state index contributed by atoms with van der Waals surface area (Å²) in [7, 11) is 0. The second-order valence-electron chi connectivity index (χ2n) is 3.74. The van der Waals surface area contributed by atoms with Crippen molar-refractivity contribution in [2.45, 2.75) is 6.92 Å². The molecule has 92 valence electrons. The van der Waals surface area contributed by atoms with E-state index in [2.05, 4.69) is 26.7 Å². The van der Waals surface area contributed by atoms with Gasteiger partial charge in [-0.15, -0.1) is 0 Å². The van der Waals surface area contributed by atoms with Crippen LogP contribution in [0.1, 0.15) is 11.4 Å². The van der Waals surface area contributed by atoms with E-state index >= 15 is 0 Å². The second-order valence-corrected chi connectivity index (χ2v) is 3.74. The Kier molecular flexibility index (Phi) is 3.56. The molecule has 1 aromatic heterocycles. The molecule has 0 amide bonds. The zero-order chi connectivity index (χ0) is 13.7. The molecule has 0 aliphatic rings. The van der Waals surface area contributed by atoms with Crippen LogP contribution >= 0.6 is 0 Å². The molecule has 0 fully saturated rings. The first kappa shape index (κ1) is 12.3. The van der Waals surface area contributed by atoms with Crippen molar-refractivity contribution in [2.24, 2.45) is 0 Å². The minimum Gasteiger partial charge on any atom is -0.340 e. The molecule has 6 nitrogen and oxygen atoms in total. The van der Waals surface area contributed by atoms with Gasteiger partial charge >= 0.3 is 0 Å². The number of nitrogens with one attached hydrogen (secondary N) is 2. The van der Waals surface area contributed by atoms with Crippen molar-refractivity contribution >= 4 is 17.3 Å². The second kappa shape index (κ2) is 5.48. The SMILES string of the molecule is Cc1nc(NC#N)cc(Nc2ccc(C#N)cc2)n1. The average molecular weight is 250 g/mol. The van der Waals surface area contributed by atoms with Gasteiger partial charge in [0.2, 0.25) is 0 Å². The first-order valence-electron chi connectivity index (χ1n) is 5.49. The molecule has 0 saturated heterocycles. The van der Waals surface area contributed by atoms with E-state index in [4.69, 9.17) is 10.5 Å². The van der Waals surface area contributed by atoms with Crippen LogP contribution in [0.5, 0.6) is 0 Å². The van der Waals surface area contributed by atoms with Gasteiger partial charge in [-0.3, -0.25) is 5.32 Å². The quantitative estimate of drug-likeness (QED) is 0.640. The Morgan fingerprint density at radius 1 is 1.05 bits per heavy atom. The lowest BCUT2D eigenvalue weighted by atomic mass is 10.2. The van der Waals surface area contributed by atoms with Gasteiger partial charge in [-0.2, -0.15) is 10.5 Å². The Hall–Kier alpha value is -3.12. The summed E-state index contributed by atoms with van der Waals surface area (Å²) in [4.78, 5) is 8.28. The summed E-state index contributed by atoms with van der Waals surface area (Å²) in [5, 5.41) is 22.8. The van der Waals surface area contributed by atoms with Crippen LogP contribution in [0.3, 0.4) is 0 Å². The molecule has 2 rings (SSSR count). The molecule has 0 saturated carbocycles. The maximum atomic E-state index is 8.72. The molecule has 1 aromatic carbocycles. The van der Waals surface area contributed by atoms with E-state index in [1.807, 2.05) is 6.19 Å². The summed E-state index contributed by atoms with van der Waals surface area (Å²) >= 11 is 0. The third-order valence-electron chi connectivity index (χ3n) is 2.31. The normalized spacial score (nSPS) is 9.21. The number of aryl methyl sites for hydroxylation is 1. The molecule has 2 N–H and O–H groups in total. The zero-order valence-electron chi connectivity index (χ0n) is 10.2. The molecule has 0 bridgehead atoms. The number of anilines is 3. The van der Waals surface area contributed by atoms with Crippen molar-refractivity contribution in [1.29, 1.82) is 10.5 Å². The molecule has 0 atom stereocenters. The van der Waals surface area contributed by atoms with Crippen molar-refractivity contribution in [3.8, 4) is 12.3 Å². The van der Waals surface area contributed by atoms with Crippen LogP contribution < -0.4 is 10.6 Å². The fraction of sp³-hybridized carbons (Fsp3) is 0.0769.